The van der Waals surface area contributed by atoms with Crippen molar-refractivity contribution < 1.29 is 46.3 Å². The summed E-state index contributed by atoms with van der Waals surface area (Å²) in [5.74, 6) is -10.8. The van der Waals surface area contributed by atoms with E-state index in [4.69, 9.17) is 41.4 Å². The van der Waals surface area contributed by atoms with Crippen LogP contribution in [0.5, 0.6) is 0 Å². The number of hydrogen-bond donors (Lipinski definition) is 2. The molecule has 57 heavy (non-hydrogen) atoms. The number of benzene rings is 5. The number of halogens is 4. The Morgan fingerprint density at radius 1 is 0.351 bits per heavy atom. The fraction of sp³-hybridized carbons (Fsp3) is 0.0769. The SMILES string of the molecule is CF.CF.CF.Nc1ccc(F)cc1N.O=C1C(=O)C(=O)C(=O)C(=O)C1=O.c1ccc2nc3c(nc2c1)c1nc2ccccc2nc1c1nc2ccccc2nc31. The van der Waals surface area contributed by atoms with Crippen LogP contribution in [-0.2, 0) is 28.8 Å². The lowest BCUT2D eigenvalue weighted by molar-refractivity contribution is -0.158. The molecule has 0 radical (unpaired) electrons. The Bertz CT molecular complexity index is 2400. The van der Waals surface area contributed by atoms with Crippen molar-refractivity contribution >= 4 is 112 Å². The molecular formula is C39H28F4N8O6. The number of fused-ring (bicyclic) bond motifs is 9. The van der Waals surface area contributed by atoms with Gasteiger partial charge in [0.1, 0.15) is 38.9 Å². The van der Waals surface area contributed by atoms with Crippen molar-refractivity contribution in [2.24, 2.45) is 0 Å². The van der Waals surface area contributed by atoms with Crippen LogP contribution in [0.3, 0.4) is 0 Å². The summed E-state index contributed by atoms with van der Waals surface area (Å²) in [5.41, 5.74) is 20.3. The zero-order valence-corrected chi connectivity index (χ0v) is 30.0. The van der Waals surface area contributed by atoms with Gasteiger partial charge in [0, 0.05) is 0 Å². The van der Waals surface area contributed by atoms with E-state index in [1.165, 1.54) is 18.2 Å². The van der Waals surface area contributed by atoms with Gasteiger partial charge in [0.25, 0.3) is 34.7 Å². The van der Waals surface area contributed by atoms with Crippen molar-refractivity contribution in [3.63, 3.8) is 0 Å². The van der Waals surface area contributed by atoms with Crippen LogP contribution in [0.2, 0.25) is 0 Å². The Hall–Kier alpha value is -7.76. The van der Waals surface area contributed by atoms with Gasteiger partial charge in [0.15, 0.2) is 0 Å². The van der Waals surface area contributed by atoms with Gasteiger partial charge < -0.3 is 11.5 Å². The van der Waals surface area contributed by atoms with Gasteiger partial charge in [-0.25, -0.2) is 34.3 Å². The Balaban J connectivity index is 0.000000221. The van der Waals surface area contributed by atoms with Crippen molar-refractivity contribution in [3.05, 3.63) is 96.8 Å². The second-order valence-corrected chi connectivity index (χ2v) is 11.0. The first kappa shape index (κ1) is 42.0. The number of carbonyl (C=O) groups is 6. The Morgan fingerprint density at radius 3 is 0.737 bits per heavy atom. The smallest absolute Gasteiger partial charge is 0.281 e. The van der Waals surface area contributed by atoms with Gasteiger partial charge in [0.05, 0.1) is 66.0 Å². The highest BCUT2D eigenvalue weighted by molar-refractivity contribution is 7.08. The maximum Gasteiger partial charge on any atom is 0.281 e. The molecule has 5 aromatic carbocycles. The summed E-state index contributed by atoms with van der Waals surface area (Å²) in [6.45, 7) is 0. The van der Waals surface area contributed by atoms with E-state index in [-0.39, 0.29) is 11.5 Å². The first-order valence-electron chi connectivity index (χ1n) is 16.0. The first-order valence-corrected chi connectivity index (χ1v) is 16.0. The Morgan fingerprint density at radius 2 is 0.561 bits per heavy atom. The topological polar surface area (TPSA) is 232 Å². The summed E-state index contributed by atoms with van der Waals surface area (Å²) in [6.07, 6.45) is 0. The molecule has 1 aliphatic rings. The number of nitrogens with zero attached hydrogens (tertiary/aromatic N) is 6. The van der Waals surface area contributed by atoms with Gasteiger partial charge in [-0.15, -0.1) is 0 Å². The number of nitrogens with two attached hydrogens (primary N) is 2. The number of alkyl halides is 3. The van der Waals surface area contributed by atoms with E-state index < -0.39 is 34.7 Å². The fourth-order valence-corrected chi connectivity index (χ4v) is 5.16. The maximum atomic E-state index is 12.2. The number of carbonyl (C=O) groups excluding carboxylic acids is 6. The number of Topliss-reactive ketones (excluding diaryl/α,β-unsaturated/α-hetero) is 6. The van der Waals surface area contributed by atoms with E-state index in [2.05, 4.69) is 0 Å². The van der Waals surface area contributed by atoms with Crippen LogP contribution >= 0.6 is 0 Å². The molecule has 288 valence electrons. The highest BCUT2D eigenvalue weighted by Crippen LogP contribution is 2.32. The van der Waals surface area contributed by atoms with Crippen molar-refractivity contribution in [1.29, 1.82) is 0 Å². The van der Waals surface area contributed by atoms with Crippen LogP contribution in [0.15, 0.2) is 91.0 Å². The molecule has 1 aliphatic carbocycles. The number of hydrogen-bond acceptors (Lipinski definition) is 14. The lowest BCUT2D eigenvalue weighted by Crippen LogP contribution is -2.49. The second-order valence-electron chi connectivity index (χ2n) is 11.0. The summed E-state index contributed by atoms with van der Waals surface area (Å²) < 4.78 is 40.7. The van der Waals surface area contributed by atoms with Gasteiger partial charge in [0.2, 0.25) is 0 Å². The van der Waals surface area contributed by atoms with Gasteiger partial charge in [-0.1, -0.05) is 36.4 Å². The van der Waals surface area contributed by atoms with Gasteiger partial charge >= 0.3 is 0 Å². The first-order chi connectivity index (χ1) is 27.5. The van der Waals surface area contributed by atoms with Crippen LogP contribution in [-0.4, -0.2) is 86.1 Å². The number of nitrogen functional groups attached to an aromatic ring is 2. The Kier molecular flexibility index (Phi) is 13.6. The summed E-state index contributed by atoms with van der Waals surface area (Å²) in [4.78, 5) is 91.9. The number of rotatable bonds is 0. The molecule has 0 aliphatic heterocycles. The third-order valence-electron chi connectivity index (χ3n) is 7.67. The molecule has 0 spiro atoms. The molecule has 0 unspecified atom stereocenters. The van der Waals surface area contributed by atoms with Crippen molar-refractivity contribution in [2.75, 3.05) is 33.0 Å². The molecule has 0 amide bonds. The minimum Gasteiger partial charge on any atom is -0.397 e. The molecule has 4 N–H and O–H groups in total. The van der Waals surface area contributed by atoms with Crippen LogP contribution < -0.4 is 11.5 Å². The molecule has 8 aromatic rings. The second kappa shape index (κ2) is 18.5. The van der Waals surface area contributed by atoms with Crippen molar-refractivity contribution in [1.82, 2.24) is 29.9 Å². The monoisotopic (exact) mass is 780 g/mol. The minimum absolute atomic E-state index is 0.287. The third-order valence-corrected chi connectivity index (χ3v) is 7.67. The quantitative estimate of drug-likeness (QED) is 0.0668. The molecule has 3 aromatic heterocycles. The normalized spacial score (nSPS) is 12.1. The number of ketones is 6. The lowest BCUT2D eigenvalue weighted by Gasteiger charge is -2.10. The van der Waals surface area contributed by atoms with Crippen LogP contribution in [0.1, 0.15) is 0 Å². The van der Waals surface area contributed by atoms with E-state index in [0.717, 1.165) is 33.1 Å². The molecule has 0 saturated heterocycles. The van der Waals surface area contributed by atoms with Gasteiger partial charge in [-0.05, 0) is 54.6 Å². The third kappa shape index (κ3) is 8.49. The molecule has 1 fully saturated rings. The summed E-state index contributed by atoms with van der Waals surface area (Å²) in [6, 6.07) is 27.4. The molecule has 14 nitrogen and oxygen atoms in total. The Labute approximate surface area is 318 Å². The standard InChI is InChI=1S/C24H12N6.C6H7FN2.C6O6.3CH3F/c1-2-8-14-13(7-1)25-19-20(26-14)22-24(30-18-12-6-5-11-17(18)28-22)23-21(19)27-15-9-3-4-10-16(15)29-23;7-4-1-2-5(8)6(9)3-4;7-1-2(8)4(10)6(12)5(11)3(1)9;3*1-2/h1-12H;1-3H,8-9H2;;3*1H3. The molecule has 3 heterocycles. The largest absolute Gasteiger partial charge is 0.397 e. The summed E-state index contributed by atoms with van der Waals surface area (Å²) in [7, 11) is 1.50. The molecular weight excluding hydrogens is 752 g/mol. The summed E-state index contributed by atoms with van der Waals surface area (Å²) >= 11 is 0. The predicted molar refractivity (Wildman–Crippen MR) is 205 cm³/mol. The molecule has 9 rings (SSSR count). The predicted octanol–water partition coefficient (Wildman–Crippen LogP) is 5.14. The average Bonchev–Trinajstić information content (AvgIpc) is 3.26. The van der Waals surface area contributed by atoms with E-state index in [1.54, 1.807) is 0 Å². The zero-order chi connectivity index (χ0) is 42.0. The van der Waals surface area contributed by atoms with E-state index in [9.17, 15) is 46.3 Å². The molecule has 18 heteroatoms. The van der Waals surface area contributed by atoms with E-state index >= 15 is 0 Å². The highest BCUT2D eigenvalue weighted by atomic mass is 19.1. The fourth-order valence-electron chi connectivity index (χ4n) is 5.16. The van der Waals surface area contributed by atoms with E-state index in [0.29, 0.717) is 60.3 Å². The van der Waals surface area contributed by atoms with Gasteiger partial charge in [-0.2, -0.15) is 0 Å². The highest BCUT2D eigenvalue weighted by Gasteiger charge is 2.47. The van der Waals surface area contributed by atoms with Crippen LogP contribution in [0.4, 0.5) is 28.9 Å². The number of anilines is 2. The average molecular weight is 781 g/mol. The van der Waals surface area contributed by atoms with Crippen LogP contribution in [0, 0.1) is 5.82 Å². The van der Waals surface area contributed by atoms with Crippen molar-refractivity contribution in [2.45, 2.75) is 0 Å². The summed E-state index contributed by atoms with van der Waals surface area (Å²) in [5, 5.41) is 0. The molecule has 1 saturated carbocycles. The van der Waals surface area contributed by atoms with E-state index in [1.807, 2.05) is 72.8 Å². The maximum absolute atomic E-state index is 12.2. The molecule has 0 atom stereocenters. The molecule has 0 bridgehead atoms. The van der Waals surface area contributed by atoms with Crippen molar-refractivity contribution in [3.8, 4) is 0 Å². The lowest BCUT2D eigenvalue weighted by atomic mass is 9.93. The number of para-hydroxylation sites is 6. The van der Waals surface area contributed by atoms with Gasteiger partial charge in [-0.3, -0.25) is 41.9 Å². The minimum atomic E-state index is -1.73. The van der Waals surface area contributed by atoms with Crippen LogP contribution in [0.25, 0.3) is 66.2 Å². The zero-order valence-electron chi connectivity index (χ0n) is 30.0. The number of aromatic nitrogens is 6.